The number of amides is 2. The van der Waals surface area contributed by atoms with Crippen molar-refractivity contribution >= 4 is 17.4 Å². The van der Waals surface area contributed by atoms with Crippen molar-refractivity contribution in [2.24, 2.45) is 0 Å². The van der Waals surface area contributed by atoms with Crippen LogP contribution >= 0.6 is 11.3 Å². The molecule has 112 valence electrons. The largest absolute Gasteiger partial charge is 0.379 e. The molecule has 20 heavy (non-hydrogen) atoms. The van der Waals surface area contributed by atoms with Gasteiger partial charge in [0.05, 0.1) is 30.5 Å². The van der Waals surface area contributed by atoms with Gasteiger partial charge in [0.25, 0.3) is 0 Å². The Balaban J connectivity index is 1.64. The molecule has 2 amide bonds. The van der Waals surface area contributed by atoms with Crippen molar-refractivity contribution < 1.29 is 9.53 Å². The monoisotopic (exact) mass is 298 g/mol. The second-order valence-corrected chi connectivity index (χ2v) is 5.98. The number of aromatic nitrogens is 1. The molecule has 1 aliphatic rings. The van der Waals surface area contributed by atoms with Crippen LogP contribution in [0.3, 0.4) is 0 Å². The van der Waals surface area contributed by atoms with Gasteiger partial charge in [-0.05, 0) is 13.8 Å². The number of carbonyl (C=O) groups excluding carboxylic acids is 1. The molecule has 7 heteroatoms. The molecule has 1 atom stereocenters. The number of thiazole rings is 1. The summed E-state index contributed by atoms with van der Waals surface area (Å²) in [6.07, 6.45) is 0. The zero-order valence-corrected chi connectivity index (χ0v) is 12.8. The summed E-state index contributed by atoms with van der Waals surface area (Å²) in [6.45, 7) is 8.61. The molecule has 0 unspecified atom stereocenters. The van der Waals surface area contributed by atoms with Crippen LogP contribution in [-0.2, 0) is 11.3 Å². The van der Waals surface area contributed by atoms with E-state index in [0.29, 0.717) is 19.1 Å². The van der Waals surface area contributed by atoms with E-state index in [1.807, 2.05) is 12.3 Å². The van der Waals surface area contributed by atoms with E-state index in [1.54, 1.807) is 11.3 Å². The van der Waals surface area contributed by atoms with Crippen molar-refractivity contribution in [3.63, 3.8) is 0 Å². The second kappa shape index (κ2) is 7.56. The lowest BCUT2D eigenvalue weighted by molar-refractivity contribution is 0.0209. The molecule has 1 aliphatic heterocycles. The molecule has 1 fully saturated rings. The summed E-state index contributed by atoms with van der Waals surface area (Å²) in [5, 5.41) is 8.70. The fraction of sp³-hybridized carbons (Fsp3) is 0.692. The van der Waals surface area contributed by atoms with Gasteiger partial charge in [-0.25, -0.2) is 9.78 Å². The maximum absolute atomic E-state index is 11.7. The summed E-state index contributed by atoms with van der Waals surface area (Å²) in [5.74, 6) is 0. The lowest BCUT2D eigenvalue weighted by Crippen LogP contribution is -2.48. The first-order valence-electron chi connectivity index (χ1n) is 6.89. The van der Waals surface area contributed by atoms with Gasteiger partial charge in [-0.1, -0.05) is 0 Å². The van der Waals surface area contributed by atoms with Gasteiger partial charge in [0.1, 0.15) is 0 Å². The van der Waals surface area contributed by atoms with E-state index in [2.05, 4.69) is 27.4 Å². The zero-order valence-electron chi connectivity index (χ0n) is 12.0. The Morgan fingerprint density at radius 3 is 2.90 bits per heavy atom. The molecule has 1 aromatic heterocycles. The highest BCUT2D eigenvalue weighted by Crippen LogP contribution is 2.07. The van der Waals surface area contributed by atoms with Crippen LogP contribution in [0, 0.1) is 6.92 Å². The van der Waals surface area contributed by atoms with Crippen molar-refractivity contribution in [3.05, 3.63) is 16.1 Å². The van der Waals surface area contributed by atoms with Crippen molar-refractivity contribution in [3.8, 4) is 0 Å². The van der Waals surface area contributed by atoms with E-state index in [9.17, 15) is 4.79 Å². The number of ether oxygens (including phenoxy) is 1. The maximum Gasteiger partial charge on any atom is 0.315 e. The van der Waals surface area contributed by atoms with E-state index >= 15 is 0 Å². The van der Waals surface area contributed by atoms with Gasteiger partial charge in [-0.3, -0.25) is 4.90 Å². The van der Waals surface area contributed by atoms with E-state index < -0.39 is 0 Å². The molecule has 2 heterocycles. The molecule has 2 rings (SSSR count). The molecule has 0 saturated carbocycles. The number of hydrogen-bond acceptors (Lipinski definition) is 5. The van der Waals surface area contributed by atoms with Gasteiger partial charge >= 0.3 is 6.03 Å². The third kappa shape index (κ3) is 4.73. The molecule has 2 N–H and O–H groups in total. The summed E-state index contributed by atoms with van der Waals surface area (Å²) in [7, 11) is 0. The van der Waals surface area contributed by atoms with Gasteiger partial charge in [0.15, 0.2) is 0 Å². The predicted octanol–water partition coefficient (Wildman–Crippen LogP) is 0.971. The Morgan fingerprint density at radius 1 is 1.50 bits per heavy atom. The average molecular weight is 298 g/mol. The minimum atomic E-state index is -0.143. The number of nitrogens with one attached hydrogen (secondary N) is 2. The minimum Gasteiger partial charge on any atom is -0.379 e. The highest BCUT2D eigenvalue weighted by molar-refractivity contribution is 7.09. The minimum absolute atomic E-state index is 0.143. The van der Waals surface area contributed by atoms with Crippen molar-refractivity contribution in [2.75, 3.05) is 32.8 Å². The SMILES string of the molecule is Cc1nc(CNC(=O)NC[C@@H](C)N2CCOCC2)cs1. The predicted molar refractivity (Wildman–Crippen MR) is 78.9 cm³/mol. The van der Waals surface area contributed by atoms with Gasteiger partial charge < -0.3 is 15.4 Å². The number of morpholine rings is 1. The first kappa shape index (κ1) is 15.2. The summed E-state index contributed by atoms with van der Waals surface area (Å²) in [6, 6.07) is 0.182. The average Bonchev–Trinajstić information content (AvgIpc) is 2.89. The van der Waals surface area contributed by atoms with Crippen LogP contribution in [0.2, 0.25) is 0 Å². The molecular formula is C13H22N4O2S. The summed E-state index contributed by atoms with van der Waals surface area (Å²) in [4.78, 5) is 18.4. The summed E-state index contributed by atoms with van der Waals surface area (Å²) >= 11 is 1.59. The molecule has 6 nitrogen and oxygen atoms in total. The maximum atomic E-state index is 11.7. The zero-order chi connectivity index (χ0) is 14.4. The molecule has 0 aromatic carbocycles. The number of carbonyl (C=O) groups is 1. The molecule has 1 aromatic rings. The topological polar surface area (TPSA) is 66.5 Å². The molecule has 0 aliphatic carbocycles. The standard InChI is InChI=1S/C13H22N4O2S/c1-10(17-3-5-19-6-4-17)7-14-13(18)15-8-12-9-20-11(2)16-12/h9-10H,3-8H2,1-2H3,(H2,14,15,18)/t10-/m1/s1. The third-order valence-electron chi connectivity index (χ3n) is 3.32. The van der Waals surface area contributed by atoms with Crippen molar-refractivity contribution in [2.45, 2.75) is 26.4 Å². The van der Waals surface area contributed by atoms with E-state index in [4.69, 9.17) is 4.74 Å². The van der Waals surface area contributed by atoms with Crippen LogP contribution < -0.4 is 10.6 Å². The van der Waals surface area contributed by atoms with Gasteiger partial charge in [-0.15, -0.1) is 11.3 Å². The highest BCUT2D eigenvalue weighted by atomic mass is 32.1. The number of aryl methyl sites for hydroxylation is 1. The number of rotatable bonds is 5. The summed E-state index contributed by atoms with van der Waals surface area (Å²) < 4.78 is 5.32. The number of urea groups is 1. The molecule has 0 radical (unpaired) electrons. The Labute approximate surface area is 123 Å². The van der Waals surface area contributed by atoms with Gasteiger partial charge in [-0.2, -0.15) is 0 Å². The first-order chi connectivity index (χ1) is 9.65. The van der Waals surface area contributed by atoms with Crippen LogP contribution in [0.1, 0.15) is 17.6 Å². The van der Waals surface area contributed by atoms with Crippen LogP contribution in [0.5, 0.6) is 0 Å². The van der Waals surface area contributed by atoms with Crippen LogP contribution in [0.25, 0.3) is 0 Å². The smallest absolute Gasteiger partial charge is 0.315 e. The van der Waals surface area contributed by atoms with Crippen LogP contribution in [0.4, 0.5) is 4.79 Å². The molecular weight excluding hydrogens is 276 g/mol. The number of hydrogen-bond donors (Lipinski definition) is 2. The Bertz CT molecular complexity index is 432. The second-order valence-electron chi connectivity index (χ2n) is 4.92. The number of nitrogens with zero attached hydrogens (tertiary/aromatic N) is 2. The van der Waals surface area contributed by atoms with Crippen molar-refractivity contribution in [1.29, 1.82) is 0 Å². The molecule has 1 saturated heterocycles. The van der Waals surface area contributed by atoms with Crippen LogP contribution in [-0.4, -0.2) is 54.8 Å². The Morgan fingerprint density at radius 2 is 2.25 bits per heavy atom. The fourth-order valence-electron chi connectivity index (χ4n) is 2.11. The van der Waals surface area contributed by atoms with E-state index in [-0.39, 0.29) is 6.03 Å². The van der Waals surface area contributed by atoms with Gasteiger partial charge in [0.2, 0.25) is 0 Å². The molecule has 0 bridgehead atoms. The Kier molecular flexibility index (Phi) is 5.75. The van der Waals surface area contributed by atoms with E-state index in [1.165, 1.54) is 0 Å². The lowest BCUT2D eigenvalue weighted by Gasteiger charge is -2.32. The lowest BCUT2D eigenvalue weighted by atomic mass is 10.2. The normalized spacial score (nSPS) is 17.7. The third-order valence-corrected chi connectivity index (χ3v) is 4.15. The highest BCUT2D eigenvalue weighted by Gasteiger charge is 2.17. The van der Waals surface area contributed by atoms with Gasteiger partial charge in [0, 0.05) is 31.1 Å². The Hall–Kier alpha value is -1.18. The van der Waals surface area contributed by atoms with Crippen LogP contribution in [0.15, 0.2) is 5.38 Å². The van der Waals surface area contributed by atoms with Crippen molar-refractivity contribution in [1.82, 2.24) is 20.5 Å². The van der Waals surface area contributed by atoms with E-state index in [0.717, 1.165) is 37.0 Å². The first-order valence-corrected chi connectivity index (χ1v) is 7.77. The summed E-state index contributed by atoms with van der Waals surface area (Å²) in [5.41, 5.74) is 0.906. The molecule has 0 spiro atoms. The fourth-order valence-corrected chi connectivity index (χ4v) is 2.72. The quantitative estimate of drug-likeness (QED) is 0.850.